The van der Waals surface area contributed by atoms with Crippen molar-refractivity contribution in [3.05, 3.63) is 29.8 Å². The Labute approximate surface area is 103 Å². The molecule has 0 aliphatic heterocycles. The molecule has 0 aliphatic rings. The summed E-state index contributed by atoms with van der Waals surface area (Å²) in [4.78, 5) is 5.18. The Morgan fingerprint density at radius 2 is 2.06 bits per heavy atom. The minimum absolute atomic E-state index is 0.544. The Balaban J connectivity index is 2.27. The van der Waals surface area contributed by atoms with Crippen molar-refractivity contribution in [2.24, 2.45) is 0 Å². The molecule has 0 aromatic heterocycles. The molecule has 0 saturated carbocycles. The molecule has 0 radical (unpaired) electrons. The fourth-order valence-corrected chi connectivity index (χ4v) is 1.30. The first-order valence-corrected chi connectivity index (χ1v) is 5.92. The zero-order valence-corrected chi connectivity index (χ0v) is 10.6. The lowest BCUT2D eigenvalue weighted by Gasteiger charge is -2.08. The van der Waals surface area contributed by atoms with Gasteiger partial charge in [-0.25, -0.2) is 0 Å². The van der Waals surface area contributed by atoms with Crippen LogP contribution in [0.5, 0.6) is 5.75 Å². The van der Waals surface area contributed by atoms with Crippen molar-refractivity contribution >= 4 is 0 Å². The van der Waals surface area contributed by atoms with Crippen LogP contribution in [0.4, 0.5) is 0 Å². The van der Waals surface area contributed by atoms with Crippen molar-refractivity contribution in [1.82, 2.24) is 5.48 Å². The summed E-state index contributed by atoms with van der Waals surface area (Å²) in [7, 11) is 1.65. The fourth-order valence-electron chi connectivity index (χ4n) is 1.30. The minimum atomic E-state index is 0.544. The first-order chi connectivity index (χ1) is 8.36. The van der Waals surface area contributed by atoms with Crippen LogP contribution in [0.1, 0.15) is 18.9 Å². The van der Waals surface area contributed by atoms with Crippen LogP contribution in [-0.4, -0.2) is 26.9 Å². The van der Waals surface area contributed by atoms with Crippen LogP contribution in [0.2, 0.25) is 0 Å². The lowest BCUT2D eigenvalue weighted by Crippen LogP contribution is -2.17. The fraction of sp³-hybridized carbons (Fsp3) is 0.538. The van der Waals surface area contributed by atoms with E-state index in [0.717, 1.165) is 24.3 Å². The summed E-state index contributed by atoms with van der Waals surface area (Å²) in [6.07, 6.45) is 1.02. The molecule has 0 heterocycles. The number of rotatable bonds is 9. The van der Waals surface area contributed by atoms with E-state index in [4.69, 9.17) is 14.3 Å². The number of hydroxylamine groups is 1. The molecule has 0 fully saturated rings. The van der Waals surface area contributed by atoms with Gasteiger partial charge in [0.2, 0.25) is 0 Å². The molecule has 0 saturated heterocycles. The molecule has 0 bridgehead atoms. The number of methoxy groups -OCH3 is 1. The number of hydrogen-bond donors (Lipinski definition) is 1. The van der Waals surface area contributed by atoms with Gasteiger partial charge in [-0.05, 0) is 24.1 Å². The third-order valence-electron chi connectivity index (χ3n) is 2.14. The average molecular weight is 239 g/mol. The third kappa shape index (κ3) is 6.26. The maximum atomic E-state index is 5.55. The van der Waals surface area contributed by atoms with Crippen LogP contribution in [0, 0.1) is 0 Å². The second-order valence-corrected chi connectivity index (χ2v) is 3.66. The number of nitrogens with one attached hydrogen (secondary N) is 1. The summed E-state index contributed by atoms with van der Waals surface area (Å²) in [5, 5.41) is 0. The second-order valence-electron chi connectivity index (χ2n) is 3.66. The zero-order chi connectivity index (χ0) is 12.3. The average Bonchev–Trinajstić information content (AvgIpc) is 2.37. The minimum Gasteiger partial charge on any atom is -0.494 e. The normalized spacial score (nSPS) is 10.5. The molecule has 4 nitrogen and oxygen atoms in total. The molecule has 0 atom stereocenters. The molecule has 1 aromatic carbocycles. The number of ether oxygens (including phenoxy) is 2. The molecule has 0 amide bonds. The Bertz CT molecular complexity index is 304. The Hall–Kier alpha value is -1.10. The molecule has 4 heteroatoms. The van der Waals surface area contributed by atoms with E-state index in [9.17, 15) is 0 Å². The van der Waals surface area contributed by atoms with E-state index in [0.29, 0.717) is 19.8 Å². The van der Waals surface area contributed by atoms with Gasteiger partial charge in [0, 0.05) is 13.7 Å². The second kappa shape index (κ2) is 8.98. The monoisotopic (exact) mass is 239 g/mol. The largest absolute Gasteiger partial charge is 0.494 e. The van der Waals surface area contributed by atoms with Crippen molar-refractivity contribution < 1.29 is 14.3 Å². The standard InChI is InChI=1S/C13H21NO3/c1-3-7-16-13-6-4-5-12(10-13)11-14-17-9-8-15-2/h4-6,10,14H,3,7-9,11H2,1-2H3. The van der Waals surface area contributed by atoms with E-state index in [2.05, 4.69) is 12.4 Å². The molecule has 0 spiro atoms. The highest BCUT2D eigenvalue weighted by Gasteiger charge is 1.96. The quantitative estimate of drug-likeness (QED) is 0.529. The lowest BCUT2D eigenvalue weighted by atomic mass is 10.2. The van der Waals surface area contributed by atoms with Crippen molar-refractivity contribution in [2.75, 3.05) is 26.9 Å². The molecule has 1 aromatic rings. The predicted octanol–water partition coefficient (Wildman–Crippen LogP) is 2.14. The van der Waals surface area contributed by atoms with E-state index < -0.39 is 0 Å². The molecule has 0 aliphatic carbocycles. The molecular formula is C13H21NO3. The van der Waals surface area contributed by atoms with Gasteiger partial charge in [-0.1, -0.05) is 19.1 Å². The van der Waals surface area contributed by atoms with Gasteiger partial charge in [-0.2, -0.15) is 5.48 Å². The van der Waals surface area contributed by atoms with Crippen LogP contribution in [0.15, 0.2) is 24.3 Å². The van der Waals surface area contributed by atoms with Crippen LogP contribution in [-0.2, 0) is 16.1 Å². The summed E-state index contributed by atoms with van der Waals surface area (Å²) in [5.41, 5.74) is 4.02. The van der Waals surface area contributed by atoms with Gasteiger partial charge in [0.1, 0.15) is 5.75 Å². The Morgan fingerprint density at radius 1 is 1.18 bits per heavy atom. The first kappa shape index (κ1) is 14.0. The summed E-state index contributed by atoms with van der Waals surface area (Å²) in [5.74, 6) is 0.906. The lowest BCUT2D eigenvalue weighted by molar-refractivity contribution is 0.00344. The summed E-state index contributed by atoms with van der Waals surface area (Å²) < 4.78 is 10.4. The van der Waals surface area contributed by atoms with E-state index >= 15 is 0 Å². The van der Waals surface area contributed by atoms with Crippen LogP contribution >= 0.6 is 0 Å². The maximum absolute atomic E-state index is 5.55. The molecule has 0 unspecified atom stereocenters. The number of hydrogen-bond acceptors (Lipinski definition) is 4. The van der Waals surface area contributed by atoms with E-state index in [1.165, 1.54) is 0 Å². The van der Waals surface area contributed by atoms with Gasteiger partial charge in [0.25, 0.3) is 0 Å². The SMILES string of the molecule is CCCOc1cccc(CNOCCOC)c1. The highest BCUT2D eigenvalue weighted by molar-refractivity contribution is 5.28. The van der Waals surface area contributed by atoms with Crippen LogP contribution in [0.25, 0.3) is 0 Å². The van der Waals surface area contributed by atoms with Gasteiger partial charge in [-0.3, -0.25) is 4.84 Å². The molecule has 96 valence electrons. The summed E-state index contributed by atoms with van der Waals surface area (Å²) in [6.45, 7) is 4.64. The van der Waals surface area contributed by atoms with Crippen molar-refractivity contribution in [3.8, 4) is 5.75 Å². The maximum Gasteiger partial charge on any atom is 0.119 e. The van der Waals surface area contributed by atoms with E-state index in [-0.39, 0.29) is 0 Å². The van der Waals surface area contributed by atoms with E-state index in [1.54, 1.807) is 7.11 Å². The van der Waals surface area contributed by atoms with Gasteiger partial charge in [0.15, 0.2) is 0 Å². The Morgan fingerprint density at radius 3 is 2.82 bits per heavy atom. The van der Waals surface area contributed by atoms with E-state index in [1.807, 2.05) is 24.3 Å². The molecular weight excluding hydrogens is 218 g/mol. The van der Waals surface area contributed by atoms with Gasteiger partial charge in [0.05, 0.1) is 19.8 Å². The van der Waals surface area contributed by atoms with Crippen LogP contribution in [0.3, 0.4) is 0 Å². The molecule has 1 rings (SSSR count). The number of benzene rings is 1. The highest BCUT2D eigenvalue weighted by atomic mass is 16.7. The Kier molecular flexibility index (Phi) is 7.38. The van der Waals surface area contributed by atoms with Gasteiger partial charge < -0.3 is 9.47 Å². The van der Waals surface area contributed by atoms with Crippen LogP contribution < -0.4 is 10.2 Å². The highest BCUT2D eigenvalue weighted by Crippen LogP contribution is 2.13. The first-order valence-electron chi connectivity index (χ1n) is 5.92. The smallest absolute Gasteiger partial charge is 0.119 e. The summed E-state index contributed by atoms with van der Waals surface area (Å²) in [6, 6.07) is 8.00. The zero-order valence-electron chi connectivity index (χ0n) is 10.6. The predicted molar refractivity (Wildman–Crippen MR) is 66.9 cm³/mol. The van der Waals surface area contributed by atoms with Crippen molar-refractivity contribution in [3.63, 3.8) is 0 Å². The summed E-state index contributed by atoms with van der Waals surface area (Å²) >= 11 is 0. The third-order valence-corrected chi connectivity index (χ3v) is 2.14. The van der Waals surface area contributed by atoms with Crippen molar-refractivity contribution in [2.45, 2.75) is 19.9 Å². The van der Waals surface area contributed by atoms with Gasteiger partial charge in [-0.15, -0.1) is 0 Å². The molecule has 17 heavy (non-hydrogen) atoms. The van der Waals surface area contributed by atoms with Crippen molar-refractivity contribution in [1.29, 1.82) is 0 Å². The van der Waals surface area contributed by atoms with Gasteiger partial charge >= 0.3 is 0 Å². The topological polar surface area (TPSA) is 39.7 Å². The molecule has 1 N–H and O–H groups in total.